The zero-order valence-corrected chi connectivity index (χ0v) is 30.0. The van der Waals surface area contributed by atoms with Gasteiger partial charge in [0.25, 0.3) is 5.79 Å². The quantitative estimate of drug-likeness (QED) is 0.104. The molecule has 1 aliphatic carbocycles. The highest BCUT2D eigenvalue weighted by Crippen LogP contribution is 2.44. The summed E-state index contributed by atoms with van der Waals surface area (Å²) in [6.45, 7) is 22.9. The molecule has 1 saturated carbocycles. The van der Waals surface area contributed by atoms with Crippen molar-refractivity contribution in [3.8, 4) is 5.75 Å². The first-order valence-corrected chi connectivity index (χ1v) is 16.8. The van der Waals surface area contributed by atoms with Crippen molar-refractivity contribution in [2.45, 2.75) is 144 Å². The minimum absolute atomic E-state index is 0.119. The van der Waals surface area contributed by atoms with E-state index in [9.17, 15) is 14.7 Å². The number of benzene rings is 2. The maximum absolute atomic E-state index is 13.2. The highest BCUT2D eigenvalue weighted by Gasteiger charge is 2.43. The Morgan fingerprint density at radius 2 is 1.28 bits per heavy atom. The maximum Gasteiger partial charge on any atom is 0.350 e. The summed E-state index contributed by atoms with van der Waals surface area (Å²) >= 11 is 0. The van der Waals surface area contributed by atoms with E-state index in [4.69, 9.17) is 9.47 Å². The highest BCUT2D eigenvalue weighted by atomic mass is 16.7. The fraction of sp³-hybridized carbons (Fsp3) is 0.590. The minimum atomic E-state index is -1.32. The van der Waals surface area contributed by atoms with E-state index in [2.05, 4.69) is 109 Å². The topological polar surface area (TPSA) is 88.1 Å². The van der Waals surface area contributed by atoms with Crippen LogP contribution >= 0.6 is 0 Å². The molecular weight excluding hydrogens is 576 g/mol. The Bertz CT molecular complexity index is 1400. The SMILES string of the molecule is CC(C)(C)Cc1ccc(CN(C=C2C(=O)OC(C)(C)OC2=O)C2(Nc3cc(C(C)(C)C)c(O)c(C(C)(C)C)c3)CCCCC2)cc1. The molecule has 1 aliphatic heterocycles. The second-order valence-corrected chi connectivity index (χ2v) is 17.0. The number of phenolic OH excluding ortho intramolecular Hbond substituents is 1. The van der Waals surface area contributed by atoms with Crippen LogP contribution in [0.1, 0.15) is 131 Å². The fourth-order valence-electron chi connectivity index (χ4n) is 6.55. The van der Waals surface area contributed by atoms with Crippen molar-refractivity contribution in [1.82, 2.24) is 4.90 Å². The van der Waals surface area contributed by atoms with Gasteiger partial charge >= 0.3 is 11.9 Å². The van der Waals surface area contributed by atoms with Crippen LogP contribution in [0, 0.1) is 5.41 Å². The van der Waals surface area contributed by atoms with Gasteiger partial charge in [0.2, 0.25) is 0 Å². The number of phenols is 1. The van der Waals surface area contributed by atoms with E-state index >= 15 is 0 Å². The van der Waals surface area contributed by atoms with Gasteiger partial charge < -0.3 is 24.8 Å². The van der Waals surface area contributed by atoms with Gasteiger partial charge in [0, 0.05) is 43.4 Å². The van der Waals surface area contributed by atoms with Crippen LogP contribution in [0.25, 0.3) is 0 Å². The van der Waals surface area contributed by atoms with Crippen LogP contribution in [-0.4, -0.2) is 33.4 Å². The predicted molar refractivity (Wildman–Crippen MR) is 184 cm³/mol. The van der Waals surface area contributed by atoms with Gasteiger partial charge in [-0.05, 0) is 71.6 Å². The predicted octanol–water partition coefficient (Wildman–Crippen LogP) is 8.87. The molecule has 4 rings (SSSR count). The molecule has 0 bridgehead atoms. The molecule has 2 aromatic carbocycles. The van der Waals surface area contributed by atoms with E-state index in [0.717, 1.165) is 60.9 Å². The fourth-order valence-corrected chi connectivity index (χ4v) is 6.55. The van der Waals surface area contributed by atoms with Gasteiger partial charge in [-0.3, -0.25) is 0 Å². The highest BCUT2D eigenvalue weighted by molar-refractivity contribution is 6.15. The van der Waals surface area contributed by atoms with Crippen LogP contribution in [0.5, 0.6) is 5.75 Å². The van der Waals surface area contributed by atoms with E-state index in [1.54, 1.807) is 20.0 Å². The number of nitrogens with zero attached hydrogens (tertiary/aromatic N) is 1. The monoisotopic (exact) mass is 632 g/mol. The summed E-state index contributed by atoms with van der Waals surface area (Å²) in [7, 11) is 0. The molecule has 0 radical (unpaired) electrons. The molecule has 1 saturated heterocycles. The summed E-state index contributed by atoms with van der Waals surface area (Å²) in [5.41, 5.74) is 3.82. The van der Waals surface area contributed by atoms with Crippen LogP contribution in [0.4, 0.5) is 5.69 Å². The second-order valence-electron chi connectivity index (χ2n) is 17.0. The van der Waals surface area contributed by atoms with Crippen LogP contribution in [0.2, 0.25) is 0 Å². The van der Waals surface area contributed by atoms with Crippen molar-refractivity contribution in [3.63, 3.8) is 0 Å². The van der Waals surface area contributed by atoms with Crippen molar-refractivity contribution < 1.29 is 24.2 Å². The molecule has 2 aliphatic rings. The third-order valence-corrected chi connectivity index (χ3v) is 8.85. The first-order valence-electron chi connectivity index (χ1n) is 16.8. The summed E-state index contributed by atoms with van der Waals surface area (Å²) in [5, 5.41) is 15.3. The number of hydrogen-bond acceptors (Lipinski definition) is 7. The molecule has 7 heteroatoms. The van der Waals surface area contributed by atoms with E-state index < -0.39 is 23.4 Å². The van der Waals surface area contributed by atoms with E-state index in [0.29, 0.717) is 12.3 Å². The zero-order chi connectivity index (χ0) is 34.3. The lowest BCUT2D eigenvalue weighted by atomic mass is 9.78. The molecule has 2 aromatic rings. The Balaban J connectivity index is 1.85. The summed E-state index contributed by atoms with van der Waals surface area (Å²) < 4.78 is 11.0. The molecule has 46 heavy (non-hydrogen) atoms. The Labute approximate surface area is 276 Å². The summed E-state index contributed by atoms with van der Waals surface area (Å²) in [6.07, 6.45) is 7.27. The van der Waals surface area contributed by atoms with Gasteiger partial charge in [-0.1, -0.05) is 93.0 Å². The molecule has 2 N–H and O–H groups in total. The number of ether oxygens (including phenoxy) is 2. The number of cyclic esters (lactones) is 2. The third kappa shape index (κ3) is 8.45. The molecule has 2 fully saturated rings. The lowest BCUT2D eigenvalue weighted by molar-refractivity contribution is -0.222. The first-order chi connectivity index (χ1) is 21.1. The molecule has 252 valence electrons. The van der Waals surface area contributed by atoms with E-state index in [1.807, 2.05) is 0 Å². The van der Waals surface area contributed by atoms with Gasteiger partial charge in [0.15, 0.2) is 5.57 Å². The molecule has 0 spiro atoms. The smallest absolute Gasteiger partial charge is 0.350 e. The number of aromatic hydroxyl groups is 1. The Morgan fingerprint density at radius 1 is 0.804 bits per heavy atom. The summed E-state index contributed by atoms with van der Waals surface area (Å²) in [4.78, 5) is 28.5. The molecule has 1 heterocycles. The van der Waals surface area contributed by atoms with E-state index in [1.165, 1.54) is 5.56 Å². The average molecular weight is 633 g/mol. The lowest BCUT2D eigenvalue weighted by Crippen LogP contribution is -2.54. The number of rotatable bonds is 7. The van der Waals surface area contributed by atoms with Gasteiger partial charge in [0.05, 0.1) is 0 Å². The molecule has 0 amide bonds. The molecule has 0 atom stereocenters. The number of esters is 2. The number of hydrogen-bond donors (Lipinski definition) is 2. The number of carbonyl (C=O) groups excluding carboxylic acids is 2. The Kier molecular flexibility index (Phi) is 9.70. The van der Waals surface area contributed by atoms with Crippen LogP contribution < -0.4 is 5.32 Å². The molecule has 0 aromatic heterocycles. The van der Waals surface area contributed by atoms with Crippen molar-refractivity contribution in [2.75, 3.05) is 5.32 Å². The van der Waals surface area contributed by atoms with Gasteiger partial charge in [-0.2, -0.15) is 0 Å². The zero-order valence-electron chi connectivity index (χ0n) is 30.0. The van der Waals surface area contributed by atoms with Crippen molar-refractivity contribution in [3.05, 3.63) is 70.4 Å². The molecular formula is C39H56N2O5. The second kappa shape index (κ2) is 12.6. The maximum atomic E-state index is 13.2. The first kappa shape index (κ1) is 35.4. The molecule has 7 nitrogen and oxygen atoms in total. The minimum Gasteiger partial charge on any atom is -0.507 e. The van der Waals surface area contributed by atoms with Crippen LogP contribution in [-0.2, 0) is 42.9 Å². The van der Waals surface area contributed by atoms with Crippen LogP contribution in [0.15, 0.2) is 48.2 Å². The van der Waals surface area contributed by atoms with E-state index in [-0.39, 0.29) is 21.8 Å². The number of carbonyl (C=O) groups is 2. The average Bonchev–Trinajstić information content (AvgIpc) is 2.89. The summed E-state index contributed by atoms with van der Waals surface area (Å²) in [5.74, 6) is -2.37. The standard InChI is InChI=1S/C39H56N2O5/c1-35(2,3)23-26-15-17-27(18-16-26)24-41(25-29-33(43)45-38(10,11)46-34(29)44)39(19-13-12-14-20-39)40-28-21-30(36(4,5)6)32(42)31(22-28)37(7,8)9/h15-18,21-22,25,40,42H,12-14,19-20,23-24H2,1-11H3. The van der Waals surface area contributed by atoms with Crippen LogP contribution in [0.3, 0.4) is 0 Å². The van der Waals surface area contributed by atoms with Gasteiger partial charge in [-0.15, -0.1) is 0 Å². The molecule has 0 unspecified atom stereocenters. The van der Waals surface area contributed by atoms with Crippen molar-refractivity contribution >= 4 is 17.6 Å². The largest absolute Gasteiger partial charge is 0.507 e. The number of nitrogens with one attached hydrogen (secondary N) is 1. The lowest BCUT2D eigenvalue weighted by Gasteiger charge is -2.48. The van der Waals surface area contributed by atoms with Gasteiger partial charge in [-0.25, -0.2) is 9.59 Å². The summed E-state index contributed by atoms with van der Waals surface area (Å²) in [6, 6.07) is 12.7. The van der Waals surface area contributed by atoms with Gasteiger partial charge in [0.1, 0.15) is 11.4 Å². The number of anilines is 1. The van der Waals surface area contributed by atoms with Crippen molar-refractivity contribution in [1.29, 1.82) is 0 Å². The Morgan fingerprint density at radius 3 is 1.74 bits per heavy atom. The van der Waals surface area contributed by atoms with Crippen molar-refractivity contribution in [2.24, 2.45) is 5.41 Å². The normalized spacial score (nSPS) is 18.5. The third-order valence-electron chi connectivity index (χ3n) is 8.85. The Hall–Kier alpha value is -3.48.